The standard InChI is InChI=1S/C15H19N3OS/c16-8-10-4-3-5-11(10)15(19)17-9-14-18-12-6-1-2-7-13(12)20-14/h1-2,6-7,10-11H,3-5,8-9,16H2,(H,17,19)/t10-,11-/m1/s1. The molecule has 1 saturated carbocycles. The second-order valence-corrected chi connectivity index (χ2v) is 6.44. The molecule has 0 radical (unpaired) electrons. The zero-order valence-electron chi connectivity index (χ0n) is 11.3. The molecule has 1 aromatic heterocycles. The quantitative estimate of drug-likeness (QED) is 0.907. The molecule has 1 aliphatic carbocycles. The highest BCUT2D eigenvalue weighted by Crippen LogP contribution is 2.31. The minimum Gasteiger partial charge on any atom is -0.349 e. The number of carbonyl (C=O) groups excluding carboxylic acids is 1. The number of nitrogens with zero attached hydrogens (tertiary/aromatic N) is 1. The van der Waals surface area contributed by atoms with Crippen LogP contribution in [-0.2, 0) is 11.3 Å². The van der Waals surface area contributed by atoms with Gasteiger partial charge in [0.25, 0.3) is 0 Å². The largest absolute Gasteiger partial charge is 0.349 e. The second kappa shape index (κ2) is 5.89. The van der Waals surface area contributed by atoms with Gasteiger partial charge in [-0.15, -0.1) is 11.3 Å². The molecular formula is C15H19N3OS. The van der Waals surface area contributed by atoms with Gasteiger partial charge in [-0.1, -0.05) is 18.6 Å². The fraction of sp³-hybridized carbons (Fsp3) is 0.467. The number of thiazole rings is 1. The Balaban J connectivity index is 1.62. The molecule has 3 rings (SSSR count). The topological polar surface area (TPSA) is 68.0 Å². The molecule has 20 heavy (non-hydrogen) atoms. The van der Waals surface area contributed by atoms with Gasteiger partial charge in [0, 0.05) is 5.92 Å². The molecule has 0 spiro atoms. The Hall–Kier alpha value is -1.46. The number of nitrogens with two attached hydrogens (primary N) is 1. The molecule has 2 aromatic rings. The van der Waals surface area contributed by atoms with Crippen LogP contribution in [0.25, 0.3) is 10.2 Å². The Morgan fingerprint density at radius 3 is 3.05 bits per heavy atom. The predicted molar refractivity (Wildman–Crippen MR) is 81.4 cm³/mol. The van der Waals surface area contributed by atoms with Gasteiger partial charge in [-0.2, -0.15) is 0 Å². The van der Waals surface area contributed by atoms with E-state index in [2.05, 4.69) is 16.4 Å². The number of rotatable bonds is 4. The lowest BCUT2D eigenvalue weighted by Gasteiger charge is -2.16. The smallest absolute Gasteiger partial charge is 0.223 e. The molecular weight excluding hydrogens is 270 g/mol. The van der Waals surface area contributed by atoms with Gasteiger partial charge in [-0.05, 0) is 37.4 Å². The molecule has 1 aliphatic rings. The van der Waals surface area contributed by atoms with Crippen molar-refractivity contribution < 1.29 is 4.79 Å². The van der Waals surface area contributed by atoms with Crippen molar-refractivity contribution in [1.82, 2.24) is 10.3 Å². The third kappa shape index (κ3) is 2.69. The van der Waals surface area contributed by atoms with Gasteiger partial charge in [-0.3, -0.25) is 4.79 Å². The van der Waals surface area contributed by atoms with E-state index in [1.54, 1.807) is 11.3 Å². The summed E-state index contributed by atoms with van der Waals surface area (Å²) in [5.74, 6) is 0.581. The molecule has 0 unspecified atom stereocenters. The number of benzene rings is 1. The first-order chi connectivity index (χ1) is 9.78. The number of aromatic nitrogens is 1. The van der Waals surface area contributed by atoms with Crippen molar-refractivity contribution in [1.29, 1.82) is 0 Å². The fourth-order valence-electron chi connectivity index (χ4n) is 2.95. The highest BCUT2D eigenvalue weighted by molar-refractivity contribution is 7.18. The van der Waals surface area contributed by atoms with Crippen molar-refractivity contribution in [3.05, 3.63) is 29.3 Å². The van der Waals surface area contributed by atoms with Crippen LogP contribution in [0.2, 0.25) is 0 Å². The first-order valence-electron chi connectivity index (χ1n) is 7.10. The molecule has 1 aromatic carbocycles. The van der Waals surface area contributed by atoms with Crippen molar-refractivity contribution in [2.75, 3.05) is 6.54 Å². The molecule has 0 bridgehead atoms. The monoisotopic (exact) mass is 289 g/mol. The maximum Gasteiger partial charge on any atom is 0.223 e. The van der Waals surface area contributed by atoms with Crippen LogP contribution in [0.4, 0.5) is 0 Å². The van der Waals surface area contributed by atoms with E-state index in [1.807, 2.05) is 18.2 Å². The van der Waals surface area contributed by atoms with E-state index in [1.165, 1.54) is 0 Å². The zero-order valence-corrected chi connectivity index (χ0v) is 12.2. The fourth-order valence-corrected chi connectivity index (χ4v) is 3.86. The maximum atomic E-state index is 12.2. The van der Waals surface area contributed by atoms with Crippen LogP contribution >= 0.6 is 11.3 Å². The number of para-hydroxylation sites is 1. The average Bonchev–Trinajstić information content (AvgIpc) is 3.10. The summed E-state index contributed by atoms with van der Waals surface area (Å²) in [5, 5.41) is 3.98. The van der Waals surface area contributed by atoms with Crippen LogP contribution in [-0.4, -0.2) is 17.4 Å². The van der Waals surface area contributed by atoms with Crippen molar-refractivity contribution >= 4 is 27.5 Å². The van der Waals surface area contributed by atoms with Gasteiger partial charge in [0.2, 0.25) is 5.91 Å². The summed E-state index contributed by atoms with van der Waals surface area (Å²) in [4.78, 5) is 16.7. The molecule has 4 nitrogen and oxygen atoms in total. The third-order valence-electron chi connectivity index (χ3n) is 4.05. The van der Waals surface area contributed by atoms with E-state index in [-0.39, 0.29) is 11.8 Å². The number of fused-ring (bicyclic) bond motifs is 1. The number of carbonyl (C=O) groups is 1. The zero-order chi connectivity index (χ0) is 13.9. The van der Waals surface area contributed by atoms with Crippen molar-refractivity contribution in [2.24, 2.45) is 17.6 Å². The average molecular weight is 289 g/mol. The molecule has 1 fully saturated rings. The Morgan fingerprint density at radius 1 is 1.40 bits per heavy atom. The summed E-state index contributed by atoms with van der Waals surface area (Å²) in [7, 11) is 0. The SMILES string of the molecule is NC[C@H]1CCC[C@H]1C(=O)NCc1nc2ccccc2s1. The highest BCUT2D eigenvalue weighted by atomic mass is 32.1. The normalized spacial score (nSPS) is 22.2. The lowest BCUT2D eigenvalue weighted by molar-refractivity contribution is -0.126. The van der Waals surface area contributed by atoms with Gasteiger partial charge < -0.3 is 11.1 Å². The summed E-state index contributed by atoms with van der Waals surface area (Å²) in [6.07, 6.45) is 3.16. The van der Waals surface area contributed by atoms with Crippen LogP contribution in [0.15, 0.2) is 24.3 Å². The van der Waals surface area contributed by atoms with E-state index in [0.717, 1.165) is 34.5 Å². The molecule has 1 amide bonds. The molecule has 0 saturated heterocycles. The van der Waals surface area contributed by atoms with Crippen molar-refractivity contribution in [2.45, 2.75) is 25.8 Å². The van der Waals surface area contributed by atoms with Crippen LogP contribution in [0.3, 0.4) is 0 Å². The van der Waals surface area contributed by atoms with E-state index < -0.39 is 0 Å². The van der Waals surface area contributed by atoms with Gasteiger partial charge >= 0.3 is 0 Å². The summed E-state index contributed by atoms with van der Waals surface area (Å²) in [6.45, 7) is 1.13. The Morgan fingerprint density at radius 2 is 2.25 bits per heavy atom. The molecule has 1 heterocycles. The van der Waals surface area contributed by atoms with Crippen LogP contribution in [0, 0.1) is 11.8 Å². The summed E-state index contributed by atoms with van der Waals surface area (Å²) in [5.41, 5.74) is 6.73. The van der Waals surface area contributed by atoms with Crippen LogP contribution in [0.5, 0.6) is 0 Å². The van der Waals surface area contributed by atoms with E-state index in [0.29, 0.717) is 19.0 Å². The van der Waals surface area contributed by atoms with Crippen molar-refractivity contribution in [3.63, 3.8) is 0 Å². The van der Waals surface area contributed by atoms with Crippen molar-refractivity contribution in [3.8, 4) is 0 Å². The number of nitrogens with one attached hydrogen (secondary N) is 1. The Bertz CT molecular complexity index is 577. The van der Waals surface area contributed by atoms with E-state index in [4.69, 9.17) is 5.73 Å². The lowest BCUT2D eigenvalue weighted by atomic mass is 9.95. The minimum absolute atomic E-state index is 0.0920. The highest BCUT2D eigenvalue weighted by Gasteiger charge is 2.31. The molecule has 3 N–H and O–H groups in total. The number of hydrogen-bond donors (Lipinski definition) is 2. The Kier molecular flexibility index (Phi) is 3.98. The van der Waals surface area contributed by atoms with Gasteiger partial charge in [-0.25, -0.2) is 4.98 Å². The van der Waals surface area contributed by atoms with E-state index >= 15 is 0 Å². The molecule has 5 heteroatoms. The van der Waals surface area contributed by atoms with Crippen LogP contribution < -0.4 is 11.1 Å². The molecule has 0 aliphatic heterocycles. The number of hydrogen-bond acceptors (Lipinski definition) is 4. The first kappa shape index (κ1) is 13.5. The summed E-state index contributed by atoms with van der Waals surface area (Å²) < 4.78 is 1.16. The third-order valence-corrected chi connectivity index (χ3v) is 5.09. The second-order valence-electron chi connectivity index (χ2n) is 5.33. The first-order valence-corrected chi connectivity index (χ1v) is 7.92. The Labute approximate surface area is 122 Å². The van der Waals surface area contributed by atoms with Crippen LogP contribution in [0.1, 0.15) is 24.3 Å². The molecule has 2 atom stereocenters. The van der Waals surface area contributed by atoms with Gasteiger partial charge in [0.05, 0.1) is 16.8 Å². The molecule has 106 valence electrons. The predicted octanol–water partition coefficient (Wildman–Crippen LogP) is 2.29. The minimum atomic E-state index is 0.0920. The van der Waals surface area contributed by atoms with Gasteiger partial charge in [0.1, 0.15) is 5.01 Å². The lowest BCUT2D eigenvalue weighted by Crippen LogP contribution is -2.34. The summed E-state index contributed by atoms with van der Waals surface area (Å²) in [6, 6.07) is 8.04. The van der Waals surface area contributed by atoms with E-state index in [9.17, 15) is 4.79 Å². The van der Waals surface area contributed by atoms with Gasteiger partial charge in [0.15, 0.2) is 0 Å². The maximum absolute atomic E-state index is 12.2. The summed E-state index contributed by atoms with van der Waals surface area (Å²) >= 11 is 1.64. The number of amides is 1.